The molecule has 0 N–H and O–H groups in total. The Balaban J connectivity index is 1.71. The van der Waals surface area contributed by atoms with Gasteiger partial charge in [0.25, 0.3) is 8.32 Å². The Morgan fingerprint density at radius 3 is 2.08 bits per heavy atom. The number of rotatable bonds is 8. The van der Waals surface area contributed by atoms with Gasteiger partial charge in [-0.05, 0) is 47.6 Å². The highest BCUT2D eigenvalue weighted by molar-refractivity contribution is 6.99. The predicted octanol–water partition coefficient (Wildman–Crippen LogP) is 4.91. The minimum Gasteiger partial charge on any atom is -0.405 e. The van der Waals surface area contributed by atoms with Gasteiger partial charge in [0, 0.05) is 12.0 Å². The maximum atomic E-state index is 9.20. The maximum absolute atomic E-state index is 9.20. The molecular formula is C28H39N3O5Si. The van der Waals surface area contributed by atoms with Crippen LogP contribution < -0.4 is 10.4 Å². The normalized spacial score (nSPS) is 28.0. The molecule has 37 heavy (non-hydrogen) atoms. The second kappa shape index (κ2) is 11.3. The Bertz CT molecular complexity index is 1030. The molecule has 0 bridgehead atoms. The lowest BCUT2D eigenvalue weighted by atomic mass is 9.95. The van der Waals surface area contributed by atoms with Crippen molar-refractivity contribution in [2.45, 2.75) is 88.9 Å². The van der Waals surface area contributed by atoms with Crippen LogP contribution in [0.25, 0.3) is 10.4 Å². The van der Waals surface area contributed by atoms with Gasteiger partial charge in [-0.15, -0.1) is 0 Å². The van der Waals surface area contributed by atoms with Gasteiger partial charge >= 0.3 is 0 Å². The monoisotopic (exact) mass is 525 g/mol. The van der Waals surface area contributed by atoms with Crippen LogP contribution in [-0.2, 0) is 23.4 Å². The van der Waals surface area contributed by atoms with Crippen molar-refractivity contribution in [1.29, 1.82) is 0 Å². The van der Waals surface area contributed by atoms with Crippen LogP contribution in [0.5, 0.6) is 0 Å². The van der Waals surface area contributed by atoms with Crippen LogP contribution in [0.3, 0.4) is 0 Å². The maximum Gasteiger partial charge on any atom is 0.261 e. The minimum absolute atomic E-state index is 0.170. The van der Waals surface area contributed by atoms with Gasteiger partial charge in [-0.1, -0.05) is 86.5 Å². The predicted molar refractivity (Wildman–Crippen MR) is 145 cm³/mol. The van der Waals surface area contributed by atoms with Gasteiger partial charge in [-0.25, -0.2) is 0 Å². The topological polar surface area (TPSA) is 94.9 Å². The third-order valence-electron chi connectivity index (χ3n) is 7.28. The van der Waals surface area contributed by atoms with Crippen LogP contribution in [0.2, 0.25) is 5.04 Å². The smallest absolute Gasteiger partial charge is 0.261 e. The van der Waals surface area contributed by atoms with Crippen molar-refractivity contribution in [2.24, 2.45) is 5.11 Å². The Morgan fingerprint density at radius 2 is 1.57 bits per heavy atom. The Labute approximate surface area is 221 Å². The first-order valence-corrected chi connectivity index (χ1v) is 14.9. The fourth-order valence-electron chi connectivity index (χ4n) is 5.70. The Kier molecular flexibility index (Phi) is 8.45. The third kappa shape index (κ3) is 5.78. The first-order chi connectivity index (χ1) is 17.6. The second-order valence-electron chi connectivity index (χ2n) is 11.2. The molecule has 0 unspecified atom stereocenters. The highest BCUT2D eigenvalue weighted by Gasteiger charge is 2.54. The average molecular weight is 526 g/mol. The number of nitrogens with zero attached hydrogens (tertiary/aromatic N) is 3. The molecule has 4 rings (SSSR count). The van der Waals surface area contributed by atoms with Crippen molar-refractivity contribution in [3.05, 3.63) is 71.1 Å². The standard InChI is InChI=1S/C28H39N3O5Si/c1-27(2,3)37(20-13-9-7-10-14-20,21-15-11-8-12-16-21)33-19-23-26(36-28(4,5)35-23)25-22(30-31-29)17-18-24(32-6)34-25/h7-16,22-26H,17-19H2,1-6H3/t22-,23-,24-,25-,26+/m0/s1. The first kappa shape index (κ1) is 27.8. The summed E-state index contributed by atoms with van der Waals surface area (Å²) in [5.41, 5.74) is 9.20. The van der Waals surface area contributed by atoms with Gasteiger partial charge in [0.2, 0.25) is 0 Å². The molecule has 2 aliphatic rings. The summed E-state index contributed by atoms with van der Waals surface area (Å²) in [6.07, 6.45) is -0.507. The molecule has 8 nitrogen and oxygen atoms in total. The van der Waals surface area contributed by atoms with E-state index in [0.29, 0.717) is 19.4 Å². The van der Waals surface area contributed by atoms with Gasteiger partial charge in [-0.2, -0.15) is 0 Å². The lowest BCUT2D eigenvalue weighted by molar-refractivity contribution is -0.223. The summed E-state index contributed by atoms with van der Waals surface area (Å²) in [6.45, 7) is 10.8. The Morgan fingerprint density at radius 1 is 0.973 bits per heavy atom. The van der Waals surface area contributed by atoms with Crippen molar-refractivity contribution < 1.29 is 23.4 Å². The van der Waals surface area contributed by atoms with E-state index in [2.05, 4.69) is 79.3 Å². The van der Waals surface area contributed by atoms with E-state index in [1.54, 1.807) is 7.11 Å². The van der Waals surface area contributed by atoms with E-state index in [-0.39, 0.29) is 17.4 Å². The molecular weight excluding hydrogens is 486 g/mol. The summed E-state index contributed by atoms with van der Waals surface area (Å²) in [5.74, 6) is -0.839. The molecule has 0 aromatic heterocycles. The van der Waals surface area contributed by atoms with E-state index < -0.39 is 32.4 Å². The van der Waals surface area contributed by atoms with E-state index >= 15 is 0 Å². The summed E-state index contributed by atoms with van der Waals surface area (Å²) in [4.78, 5) is 3.07. The molecule has 2 saturated heterocycles. The molecule has 2 fully saturated rings. The Hall–Kier alpha value is -2.23. The van der Waals surface area contributed by atoms with Crippen molar-refractivity contribution in [1.82, 2.24) is 0 Å². The summed E-state index contributed by atoms with van der Waals surface area (Å²) in [5, 5.41) is 6.26. The van der Waals surface area contributed by atoms with Gasteiger partial charge in [0.1, 0.15) is 12.2 Å². The number of benzene rings is 2. The minimum atomic E-state index is -2.78. The molecule has 0 saturated carbocycles. The fraction of sp³-hybridized carbons (Fsp3) is 0.571. The van der Waals surface area contributed by atoms with Crippen LogP contribution >= 0.6 is 0 Å². The largest absolute Gasteiger partial charge is 0.405 e. The van der Waals surface area contributed by atoms with Gasteiger partial charge in [-0.3, -0.25) is 0 Å². The van der Waals surface area contributed by atoms with Crippen molar-refractivity contribution in [3.63, 3.8) is 0 Å². The van der Waals surface area contributed by atoms with Gasteiger partial charge in [0.15, 0.2) is 12.1 Å². The van der Waals surface area contributed by atoms with Crippen LogP contribution in [0.1, 0.15) is 47.5 Å². The summed E-state index contributed by atoms with van der Waals surface area (Å²) >= 11 is 0. The van der Waals surface area contributed by atoms with E-state index in [1.807, 2.05) is 26.0 Å². The number of hydrogen-bond donors (Lipinski definition) is 0. The van der Waals surface area contributed by atoms with Crippen LogP contribution in [0.4, 0.5) is 0 Å². The number of methoxy groups -OCH3 is 1. The highest BCUT2D eigenvalue weighted by atomic mass is 28.4. The van der Waals surface area contributed by atoms with Crippen molar-refractivity contribution in [2.75, 3.05) is 13.7 Å². The van der Waals surface area contributed by atoms with Crippen LogP contribution in [0.15, 0.2) is 65.8 Å². The zero-order valence-corrected chi connectivity index (χ0v) is 23.7. The average Bonchev–Trinajstić information content (AvgIpc) is 3.19. The molecule has 2 heterocycles. The molecule has 0 spiro atoms. The summed E-state index contributed by atoms with van der Waals surface area (Å²) in [7, 11) is -1.16. The summed E-state index contributed by atoms with van der Waals surface area (Å²) in [6, 6.07) is 20.6. The zero-order chi connectivity index (χ0) is 26.7. The molecule has 5 atom stereocenters. The molecule has 200 valence electrons. The number of hydrogen-bond acceptors (Lipinski definition) is 6. The molecule has 0 amide bonds. The van der Waals surface area contributed by atoms with E-state index in [4.69, 9.17) is 23.4 Å². The van der Waals surface area contributed by atoms with Crippen molar-refractivity contribution in [3.8, 4) is 0 Å². The third-order valence-corrected chi connectivity index (χ3v) is 12.3. The van der Waals surface area contributed by atoms with E-state index in [1.165, 1.54) is 10.4 Å². The lowest BCUT2D eigenvalue weighted by Gasteiger charge is -2.44. The second-order valence-corrected chi connectivity index (χ2v) is 15.5. The number of ether oxygens (including phenoxy) is 4. The van der Waals surface area contributed by atoms with E-state index in [0.717, 1.165) is 0 Å². The molecule has 0 radical (unpaired) electrons. The molecule has 2 aromatic rings. The molecule has 9 heteroatoms. The molecule has 2 aliphatic heterocycles. The lowest BCUT2D eigenvalue weighted by Crippen LogP contribution is -2.67. The van der Waals surface area contributed by atoms with Gasteiger partial charge < -0.3 is 23.4 Å². The quantitative estimate of drug-likeness (QED) is 0.211. The fourth-order valence-corrected chi connectivity index (χ4v) is 10.3. The molecule has 2 aromatic carbocycles. The SMILES string of the molecule is CO[C@@H]1CC[C@H](N=[N+]=[N-])[C@@H]([C@@H]2OC(C)(C)O[C@H]2CO[Si](c2ccccc2)(c2ccccc2)C(C)(C)C)O1. The van der Waals surface area contributed by atoms with Gasteiger partial charge in [0.05, 0.1) is 18.8 Å². The summed E-state index contributed by atoms with van der Waals surface area (Å²) < 4.78 is 31.7. The van der Waals surface area contributed by atoms with Crippen LogP contribution in [0, 0.1) is 0 Å². The van der Waals surface area contributed by atoms with Crippen LogP contribution in [-0.4, -0.2) is 58.5 Å². The van der Waals surface area contributed by atoms with Crippen molar-refractivity contribution >= 4 is 18.7 Å². The number of azide groups is 1. The highest BCUT2D eigenvalue weighted by Crippen LogP contribution is 2.40. The van der Waals surface area contributed by atoms with E-state index in [9.17, 15) is 5.53 Å². The zero-order valence-electron chi connectivity index (χ0n) is 22.7. The molecule has 0 aliphatic carbocycles. The first-order valence-electron chi connectivity index (χ1n) is 12.9.